The van der Waals surface area contributed by atoms with Crippen LogP contribution in [0.2, 0.25) is 0 Å². The molecule has 2 fully saturated rings. The van der Waals surface area contributed by atoms with Crippen LogP contribution in [0.4, 0.5) is 4.79 Å². The molecule has 7 heteroatoms. The van der Waals surface area contributed by atoms with E-state index in [9.17, 15) is 9.59 Å². The van der Waals surface area contributed by atoms with Gasteiger partial charge in [-0.25, -0.2) is 4.79 Å². The van der Waals surface area contributed by atoms with Crippen molar-refractivity contribution in [3.05, 3.63) is 29.3 Å². The van der Waals surface area contributed by atoms with E-state index in [0.29, 0.717) is 45.0 Å². The fourth-order valence-electron chi connectivity index (χ4n) is 3.82. The molecule has 29 heavy (non-hydrogen) atoms. The lowest BCUT2D eigenvalue weighted by molar-refractivity contribution is -0.121. The fourth-order valence-corrected chi connectivity index (χ4v) is 3.82. The average molecular weight is 402 g/mol. The van der Waals surface area contributed by atoms with Gasteiger partial charge in [-0.2, -0.15) is 0 Å². The molecule has 2 heterocycles. The highest BCUT2D eigenvalue weighted by Gasteiger charge is 2.23. The Kier molecular flexibility index (Phi) is 6.54. The molecule has 1 aliphatic carbocycles. The topological polar surface area (TPSA) is 79.9 Å². The number of carbonyl (C=O) groups is 2. The summed E-state index contributed by atoms with van der Waals surface area (Å²) in [7, 11) is 0. The van der Waals surface area contributed by atoms with E-state index in [1.165, 1.54) is 12.8 Å². The third kappa shape index (κ3) is 5.85. The first-order chi connectivity index (χ1) is 14.2. The molecule has 0 radical (unpaired) electrons. The summed E-state index contributed by atoms with van der Waals surface area (Å²) in [6.07, 6.45) is 5.85. The third-order valence-corrected chi connectivity index (χ3v) is 5.82. The van der Waals surface area contributed by atoms with Crippen LogP contribution < -0.4 is 15.4 Å². The Labute approximate surface area is 172 Å². The van der Waals surface area contributed by atoms with E-state index in [1.54, 1.807) is 4.90 Å². The molecule has 0 aromatic heterocycles. The minimum atomic E-state index is -0.0817. The van der Waals surface area contributed by atoms with Gasteiger partial charge in [-0.1, -0.05) is 12.1 Å². The molecular weight excluding hydrogens is 370 g/mol. The molecule has 2 aliphatic heterocycles. The van der Waals surface area contributed by atoms with Crippen LogP contribution in [0.3, 0.4) is 0 Å². The van der Waals surface area contributed by atoms with Gasteiger partial charge in [0.15, 0.2) is 0 Å². The normalized spacial score (nSPS) is 21.1. The number of ether oxygens (including phenoxy) is 2. The number of rotatable bonds is 7. The summed E-state index contributed by atoms with van der Waals surface area (Å²) in [5.74, 6) is 1.63. The first-order valence-corrected chi connectivity index (χ1v) is 10.8. The number of nitrogens with one attached hydrogen (secondary N) is 2. The molecule has 158 valence electrons. The molecule has 1 saturated carbocycles. The maximum Gasteiger partial charge on any atom is 0.317 e. The minimum absolute atomic E-state index is 0.0817. The smallest absolute Gasteiger partial charge is 0.317 e. The molecule has 3 aliphatic rings. The van der Waals surface area contributed by atoms with Gasteiger partial charge in [0.25, 0.3) is 0 Å². The molecule has 0 bridgehead atoms. The van der Waals surface area contributed by atoms with Crippen LogP contribution in [0.5, 0.6) is 5.75 Å². The van der Waals surface area contributed by atoms with Crippen molar-refractivity contribution < 1.29 is 19.1 Å². The van der Waals surface area contributed by atoms with E-state index >= 15 is 0 Å². The Morgan fingerprint density at radius 3 is 2.79 bits per heavy atom. The van der Waals surface area contributed by atoms with Crippen molar-refractivity contribution in [2.45, 2.75) is 51.2 Å². The van der Waals surface area contributed by atoms with Crippen LogP contribution >= 0.6 is 0 Å². The predicted octanol–water partition coefficient (Wildman–Crippen LogP) is 2.23. The van der Waals surface area contributed by atoms with Gasteiger partial charge >= 0.3 is 6.03 Å². The van der Waals surface area contributed by atoms with E-state index in [4.69, 9.17) is 9.47 Å². The monoisotopic (exact) mass is 401 g/mol. The maximum atomic E-state index is 12.6. The number of hydrogen-bond acceptors (Lipinski definition) is 4. The molecule has 4 rings (SSSR count). The van der Waals surface area contributed by atoms with Crippen molar-refractivity contribution in [2.24, 2.45) is 5.92 Å². The lowest BCUT2D eigenvalue weighted by Gasteiger charge is -2.21. The molecule has 1 unspecified atom stereocenters. The first kappa shape index (κ1) is 20.0. The Morgan fingerprint density at radius 1 is 1.10 bits per heavy atom. The van der Waals surface area contributed by atoms with Crippen molar-refractivity contribution in [3.63, 3.8) is 0 Å². The van der Waals surface area contributed by atoms with E-state index in [-0.39, 0.29) is 18.0 Å². The second-order valence-corrected chi connectivity index (χ2v) is 8.28. The zero-order chi connectivity index (χ0) is 20.1. The van der Waals surface area contributed by atoms with E-state index in [1.807, 2.05) is 12.1 Å². The molecule has 0 spiro atoms. The Morgan fingerprint density at radius 2 is 2.00 bits per heavy atom. The number of urea groups is 1. The molecule has 3 amide bonds. The molecule has 1 aromatic carbocycles. The SMILES string of the molecule is O=C(CCc1ccc2c(c1)CN(C(=O)NCC1CCCO1)CCO2)NCC1CC1. The first-order valence-electron chi connectivity index (χ1n) is 10.8. The van der Waals surface area contributed by atoms with Crippen molar-refractivity contribution in [2.75, 3.05) is 32.8 Å². The van der Waals surface area contributed by atoms with Crippen molar-refractivity contribution >= 4 is 11.9 Å². The summed E-state index contributed by atoms with van der Waals surface area (Å²) in [6, 6.07) is 5.96. The Balaban J connectivity index is 1.30. The quantitative estimate of drug-likeness (QED) is 0.734. The molecule has 1 saturated heterocycles. The number of benzene rings is 1. The lowest BCUT2D eigenvalue weighted by atomic mass is 10.0. The largest absolute Gasteiger partial charge is 0.491 e. The van der Waals surface area contributed by atoms with Gasteiger partial charge in [0.2, 0.25) is 5.91 Å². The van der Waals surface area contributed by atoms with Crippen LogP contribution in [-0.2, 0) is 22.5 Å². The summed E-state index contributed by atoms with van der Waals surface area (Å²) >= 11 is 0. The highest BCUT2D eigenvalue weighted by atomic mass is 16.5. The summed E-state index contributed by atoms with van der Waals surface area (Å²) in [5, 5.41) is 6.00. The predicted molar refractivity (Wildman–Crippen MR) is 109 cm³/mol. The zero-order valence-electron chi connectivity index (χ0n) is 17.0. The fraction of sp³-hybridized carbons (Fsp3) is 0.636. The highest BCUT2D eigenvalue weighted by molar-refractivity contribution is 5.76. The van der Waals surface area contributed by atoms with Crippen LogP contribution in [0, 0.1) is 5.92 Å². The second kappa shape index (κ2) is 9.48. The standard InChI is InChI=1S/C22H31N3O4/c26-21(23-13-17-3-4-17)8-6-16-5-7-20-18(12-16)15-25(9-11-29-20)22(27)24-14-19-2-1-10-28-19/h5,7,12,17,19H,1-4,6,8-11,13-15H2,(H,23,26)(H,24,27). The van der Waals surface area contributed by atoms with Crippen LogP contribution in [0.15, 0.2) is 18.2 Å². The number of hydrogen-bond donors (Lipinski definition) is 2. The van der Waals surface area contributed by atoms with E-state index in [2.05, 4.69) is 16.7 Å². The van der Waals surface area contributed by atoms with Gasteiger partial charge in [-0.15, -0.1) is 0 Å². The number of amides is 3. The summed E-state index contributed by atoms with van der Waals surface area (Å²) in [4.78, 5) is 26.4. The zero-order valence-corrected chi connectivity index (χ0v) is 17.0. The van der Waals surface area contributed by atoms with Gasteiger partial charge in [0.05, 0.1) is 19.2 Å². The van der Waals surface area contributed by atoms with Crippen molar-refractivity contribution in [1.82, 2.24) is 15.5 Å². The summed E-state index contributed by atoms with van der Waals surface area (Å²) in [5.41, 5.74) is 2.08. The Bertz CT molecular complexity index is 729. The van der Waals surface area contributed by atoms with Crippen LogP contribution in [-0.4, -0.2) is 55.8 Å². The number of aryl methyl sites for hydroxylation is 1. The van der Waals surface area contributed by atoms with Crippen LogP contribution in [0.1, 0.15) is 43.2 Å². The van der Waals surface area contributed by atoms with E-state index < -0.39 is 0 Å². The number of carbonyl (C=O) groups excluding carboxylic acids is 2. The highest BCUT2D eigenvalue weighted by Crippen LogP contribution is 2.28. The van der Waals surface area contributed by atoms with Crippen molar-refractivity contribution in [3.8, 4) is 5.75 Å². The molecule has 1 atom stereocenters. The maximum absolute atomic E-state index is 12.6. The lowest BCUT2D eigenvalue weighted by Crippen LogP contribution is -2.43. The summed E-state index contributed by atoms with van der Waals surface area (Å²) < 4.78 is 11.4. The Hall–Kier alpha value is -2.28. The molecule has 7 nitrogen and oxygen atoms in total. The van der Waals surface area contributed by atoms with Crippen molar-refractivity contribution in [1.29, 1.82) is 0 Å². The third-order valence-electron chi connectivity index (χ3n) is 5.82. The average Bonchev–Trinajstić information content (AvgIpc) is 3.46. The van der Waals surface area contributed by atoms with Gasteiger partial charge in [0.1, 0.15) is 12.4 Å². The van der Waals surface area contributed by atoms with Gasteiger partial charge in [-0.3, -0.25) is 4.79 Å². The minimum Gasteiger partial charge on any atom is -0.491 e. The molecule has 1 aromatic rings. The summed E-state index contributed by atoms with van der Waals surface area (Å²) in [6.45, 7) is 3.68. The van der Waals surface area contributed by atoms with Gasteiger partial charge in [-0.05, 0) is 49.7 Å². The second-order valence-electron chi connectivity index (χ2n) is 8.28. The van der Waals surface area contributed by atoms with E-state index in [0.717, 1.165) is 42.9 Å². The number of nitrogens with zero attached hydrogens (tertiary/aromatic N) is 1. The molecular formula is C22H31N3O4. The van der Waals surface area contributed by atoms with Gasteiger partial charge < -0.3 is 25.0 Å². The van der Waals surface area contributed by atoms with Gasteiger partial charge in [0, 0.05) is 31.7 Å². The molecule has 2 N–H and O–H groups in total. The van der Waals surface area contributed by atoms with Crippen LogP contribution in [0.25, 0.3) is 0 Å². The number of fused-ring (bicyclic) bond motifs is 1.